The van der Waals surface area contributed by atoms with E-state index in [0.29, 0.717) is 29.6 Å². The highest BCUT2D eigenvalue weighted by atomic mass is 16.2. The summed E-state index contributed by atoms with van der Waals surface area (Å²) in [6, 6.07) is 7.09. The summed E-state index contributed by atoms with van der Waals surface area (Å²) < 4.78 is 1.39. The van der Waals surface area contributed by atoms with Crippen LogP contribution in [0.2, 0.25) is 0 Å². The molecular weight excluding hydrogens is 254 g/mol. The fraction of sp³-hybridized carbons (Fsp3) is 0.400. The van der Waals surface area contributed by atoms with Gasteiger partial charge in [-0.2, -0.15) is 5.10 Å². The Bertz CT molecular complexity index is 689. The maximum atomic E-state index is 12.4. The van der Waals surface area contributed by atoms with Crippen LogP contribution in [0.25, 0.3) is 10.8 Å². The van der Waals surface area contributed by atoms with Crippen molar-refractivity contribution < 1.29 is 4.79 Å². The van der Waals surface area contributed by atoms with Crippen LogP contribution in [-0.4, -0.2) is 22.2 Å². The zero-order valence-electron chi connectivity index (χ0n) is 12.0. The molecule has 5 nitrogen and oxygen atoms in total. The van der Waals surface area contributed by atoms with Crippen molar-refractivity contribution in [2.75, 3.05) is 6.54 Å². The van der Waals surface area contributed by atoms with E-state index < -0.39 is 0 Å². The van der Waals surface area contributed by atoms with Crippen molar-refractivity contribution in [3.63, 3.8) is 0 Å². The molecule has 1 aromatic heterocycles. The van der Waals surface area contributed by atoms with Crippen LogP contribution in [0.15, 0.2) is 29.1 Å². The van der Waals surface area contributed by atoms with E-state index >= 15 is 0 Å². The third kappa shape index (κ3) is 2.71. The van der Waals surface area contributed by atoms with Crippen molar-refractivity contribution in [3.05, 3.63) is 40.3 Å². The minimum absolute atomic E-state index is 0.151. The van der Waals surface area contributed by atoms with Crippen molar-refractivity contribution >= 4 is 16.7 Å². The maximum absolute atomic E-state index is 12.4. The monoisotopic (exact) mass is 273 g/mol. The number of fused-ring (bicyclic) bond motifs is 1. The number of rotatable bonds is 4. The second-order valence-corrected chi connectivity index (χ2v) is 5.13. The summed E-state index contributed by atoms with van der Waals surface area (Å²) in [4.78, 5) is 24.5. The van der Waals surface area contributed by atoms with Gasteiger partial charge in [0.1, 0.15) is 0 Å². The van der Waals surface area contributed by atoms with E-state index in [2.05, 4.69) is 10.4 Å². The van der Waals surface area contributed by atoms with Crippen molar-refractivity contribution in [2.24, 2.45) is 5.92 Å². The quantitative estimate of drug-likeness (QED) is 0.924. The van der Waals surface area contributed by atoms with Crippen LogP contribution < -0.4 is 10.9 Å². The molecule has 0 atom stereocenters. The van der Waals surface area contributed by atoms with E-state index in [-0.39, 0.29) is 17.4 Å². The molecule has 0 radical (unpaired) electrons. The van der Waals surface area contributed by atoms with Crippen molar-refractivity contribution in [1.29, 1.82) is 0 Å². The van der Waals surface area contributed by atoms with E-state index in [0.717, 1.165) is 0 Å². The number of carbonyl (C=O) groups is 1. The summed E-state index contributed by atoms with van der Waals surface area (Å²) in [6.07, 6.45) is 0. The first-order valence-corrected chi connectivity index (χ1v) is 6.82. The van der Waals surface area contributed by atoms with Crippen LogP contribution in [0.5, 0.6) is 0 Å². The average Bonchev–Trinajstić information content (AvgIpc) is 2.42. The van der Waals surface area contributed by atoms with Gasteiger partial charge in [0, 0.05) is 18.5 Å². The molecular formula is C15H19N3O2. The van der Waals surface area contributed by atoms with Crippen LogP contribution in [0, 0.1) is 5.92 Å². The van der Waals surface area contributed by atoms with Gasteiger partial charge in [-0.15, -0.1) is 0 Å². The molecule has 2 rings (SSSR count). The Hall–Kier alpha value is -2.17. The highest BCUT2D eigenvalue weighted by Gasteiger charge is 2.16. The average molecular weight is 273 g/mol. The number of benzene rings is 1. The van der Waals surface area contributed by atoms with Gasteiger partial charge in [0.25, 0.3) is 11.5 Å². The highest BCUT2D eigenvalue weighted by Crippen LogP contribution is 2.13. The van der Waals surface area contributed by atoms with Crippen molar-refractivity contribution in [2.45, 2.75) is 27.3 Å². The molecule has 1 amide bonds. The fourth-order valence-electron chi connectivity index (χ4n) is 2.12. The van der Waals surface area contributed by atoms with E-state index in [9.17, 15) is 9.59 Å². The van der Waals surface area contributed by atoms with Crippen molar-refractivity contribution in [1.82, 2.24) is 15.1 Å². The molecule has 1 heterocycles. The lowest BCUT2D eigenvalue weighted by Crippen LogP contribution is -2.31. The number of nitrogens with one attached hydrogen (secondary N) is 1. The molecule has 0 aliphatic carbocycles. The largest absolute Gasteiger partial charge is 0.351 e. The Morgan fingerprint density at radius 3 is 2.55 bits per heavy atom. The summed E-state index contributed by atoms with van der Waals surface area (Å²) in [5.74, 6) is 0.0321. The molecule has 0 spiro atoms. The zero-order valence-corrected chi connectivity index (χ0v) is 12.0. The Kier molecular flexibility index (Phi) is 4.17. The predicted octanol–water partition coefficient (Wildman–Crippen LogP) is 1.80. The summed E-state index contributed by atoms with van der Waals surface area (Å²) in [5.41, 5.74) is 0.157. The molecule has 106 valence electrons. The summed E-state index contributed by atoms with van der Waals surface area (Å²) in [7, 11) is 0. The summed E-state index contributed by atoms with van der Waals surface area (Å²) in [5, 5.41) is 8.12. The minimum atomic E-state index is -0.249. The van der Waals surface area contributed by atoms with E-state index in [4.69, 9.17) is 0 Å². The van der Waals surface area contributed by atoms with Crippen LogP contribution in [-0.2, 0) is 6.54 Å². The minimum Gasteiger partial charge on any atom is -0.351 e. The third-order valence-corrected chi connectivity index (χ3v) is 2.96. The zero-order chi connectivity index (χ0) is 14.7. The Morgan fingerprint density at radius 2 is 1.95 bits per heavy atom. The fourth-order valence-corrected chi connectivity index (χ4v) is 2.12. The Labute approximate surface area is 117 Å². The van der Waals surface area contributed by atoms with Gasteiger partial charge in [0.15, 0.2) is 5.69 Å². The molecule has 5 heteroatoms. The van der Waals surface area contributed by atoms with Crippen LogP contribution in [0.4, 0.5) is 0 Å². The molecule has 0 fully saturated rings. The van der Waals surface area contributed by atoms with Crippen LogP contribution in [0.1, 0.15) is 31.3 Å². The molecule has 0 aliphatic rings. The number of amides is 1. The first-order chi connectivity index (χ1) is 9.54. The van der Waals surface area contributed by atoms with E-state index in [1.807, 2.05) is 20.8 Å². The van der Waals surface area contributed by atoms with Gasteiger partial charge in [-0.1, -0.05) is 32.0 Å². The topological polar surface area (TPSA) is 64.0 Å². The van der Waals surface area contributed by atoms with Gasteiger partial charge in [0.2, 0.25) is 0 Å². The molecule has 0 saturated carbocycles. The second-order valence-electron chi connectivity index (χ2n) is 5.13. The van der Waals surface area contributed by atoms with Crippen LogP contribution in [0.3, 0.4) is 0 Å². The molecule has 2 aromatic rings. The van der Waals surface area contributed by atoms with Crippen LogP contribution >= 0.6 is 0 Å². The number of hydrogen-bond acceptors (Lipinski definition) is 3. The molecule has 20 heavy (non-hydrogen) atoms. The normalized spacial score (nSPS) is 11.0. The SMILES string of the molecule is CCNC(=O)c1nn(CC(C)C)c(=O)c2ccccc12. The Morgan fingerprint density at radius 1 is 1.30 bits per heavy atom. The lowest BCUT2D eigenvalue weighted by Gasteiger charge is -2.12. The van der Waals surface area contributed by atoms with E-state index in [1.165, 1.54) is 4.68 Å². The molecule has 1 N–H and O–H groups in total. The highest BCUT2D eigenvalue weighted by molar-refractivity contribution is 6.04. The molecule has 1 aromatic carbocycles. The maximum Gasteiger partial charge on any atom is 0.274 e. The molecule has 0 saturated heterocycles. The summed E-state index contributed by atoms with van der Waals surface area (Å²) >= 11 is 0. The van der Waals surface area contributed by atoms with Gasteiger partial charge in [-0.3, -0.25) is 9.59 Å². The van der Waals surface area contributed by atoms with Gasteiger partial charge in [-0.05, 0) is 18.9 Å². The second kappa shape index (κ2) is 5.86. The molecule has 0 aliphatic heterocycles. The predicted molar refractivity (Wildman–Crippen MR) is 78.8 cm³/mol. The number of hydrogen-bond donors (Lipinski definition) is 1. The number of aromatic nitrogens is 2. The lowest BCUT2D eigenvalue weighted by atomic mass is 10.1. The number of nitrogens with zero attached hydrogens (tertiary/aromatic N) is 2. The van der Waals surface area contributed by atoms with Gasteiger partial charge in [-0.25, -0.2) is 4.68 Å². The molecule has 0 unspecified atom stereocenters. The standard InChI is InChI=1S/C15H19N3O2/c1-4-16-14(19)13-11-7-5-6-8-12(11)15(20)18(17-13)9-10(2)3/h5-8,10H,4,9H2,1-3H3,(H,16,19). The molecule has 0 bridgehead atoms. The number of carbonyl (C=O) groups excluding carboxylic acids is 1. The first kappa shape index (κ1) is 14.2. The van der Waals surface area contributed by atoms with Gasteiger partial charge < -0.3 is 5.32 Å². The third-order valence-electron chi connectivity index (χ3n) is 2.96. The summed E-state index contributed by atoms with van der Waals surface area (Å²) in [6.45, 7) is 6.89. The first-order valence-electron chi connectivity index (χ1n) is 6.82. The smallest absolute Gasteiger partial charge is 0.274 e. The van der Waals surface area contributed by atoms with Gasteiger partial charge >= 0.3 is 0 Å². The van der Waals surface area contributed by atoms with Crippen molar-refractivity contribution in [3.8, 4) is 0 Å². The van der Waals surface area contributed by atoms with Gasteiger partial charge in [0.05, 0.1) is 5.39 Å². The van der Waals surface area contributed by atoms with E-state index in [1.54, 1.807) is 24.3 Å². The lowest BCUT2D eigenvalue weighted by molar-refractivity contribution is 0.0950. The Balaban J connectivity index is 2.69.